The van der Waals surface area contributed by atoms with E-state index < -0.39 is 0 Å². The molecule has 1 nitrogen and oxygen atoms in total. The number of nitrogens with zero attached hydrogens (tertiary/aromatic N) is 1. The van der Waals surface area contributed by atoms with Gasteiger partial charge in [-0.1, -0.05) is 72.8 Å². The number of hydrogen-bond donors (Lipinski definition) is 0. The van der Waals surface area contributed by atoms with Crippen molar-refractivity contribution in [2.75, 3.05) is 11.9 Å². The van der Waals surface area contributed by atoms with Gasteiger partial charge in [-0.3, -0.25) is 0 Å². The van der Waals surface area contributed by atoms with Crippen LogP contribution in [0.25, 0.3) is 0 Å². The monoisotopic (exact) mass is 299 g/mol. The van der Waals surface area contributed by atoms with E-state index in [0.29, 0.717) is 0 Å². The van der Waals surface area contributed by atoms with Crippen molar-refractivity contribution in [3.05, 3.63) is 101 Å². The summed E-state index contributed by atoms with van der Waals surface area (Å²) >= 11 is 0. The first kappa shape index (κ1) is 14.1. The molecule has 1 aliphatic rings. The third kappa shape index (κ3) is 2.08. The molecule has 4 rings (SSSR count). The molecule has 0 saturated heterocycles. The Kier molecular flexibility index (Phi) is 3.23. The molecule has 3 aromatic rings. The lowest BCUT2D eigenvalue weighted by atomic mass is 9.70. The van der Waals surface area contributed by atoms with Crippen molar-refractivity contribution in [1.82, 2.24) is 0 Å². The van der Waals surface area contributed by atoms with Crippen LogP contribution in [0.1, 0.15) is 29.2 Å². The smallest absolute Gasteiger partial charge is 0.0447 e. The molecule has 1 unspecified atom stereocenters. The average Bonchev–Trinajstić information content (AvgIpc) is 2.71. The van der Waals surface area contributed by atoms with E-state index in [9.17, 15) is 0 Å². The zero-order valence-corrected chi connectivity index (χ0v) is 13.7. The van der Waals surface area contributed by atoms with E-state index in [0.717, 1.165) is 6.54 Å². The van der Waals surface area contributed by atoms with Crippen LogP contribution in [0.5, 0.6) is 0 Å². The predicted molar refractivity (Wildman–Crippen MR) is 97.0 cm³/mol. The van der Waals surface area contributed by atoms with Gasteiger partial charge in [0.05, 0.1) is 0 Å². The molecule has 0 N–H and O–H groups in total. The van der Waals surface area contributed by atoms with Gasteiger partial charge in [0.1, 0.15) is 0 Å². The van der Waals surface area contributed by atoms with E-state index in [4.69, 9.17) is 0 Å². The van der Waals surface area contributed by atoms with Gasteiger partial charge in [-0.2, -0.15) is 0 Å². The van der Waals surface area contributed by atoms with Crippen LogP contribution in [0.4, 0.5) is 5.69 Å². The molecular weight excluding hydrogens is 278 g/mol. The molecule has 0 radical (unpaired) electrons. The average molecular weight is 299 g/mol. The van der Waals surface area contributed by atoms with E-state index in [-0.39, 0.29) is 5.41 Å². The second kappa shape index (κ2) is 5.27. The van der Waals surface area contributed by atoms with E-state index in [1.54, 1.807) is 0 Å². The van der Waals surface area contributed by atoms with Crippen molar-refractivity contribution in [3.8, 4) is 0 Å². The summed E-state index contributed by atoms with van der Waals surface area (Å²) in [6, 6.07) is 28.5. The highest BCUT2D eigenvalue weighted by atomic mass is 15.1. The Labute approximate surface area is 138 Å². The molecule has 1 heteroatoms. The fourth-order valence-corrected chi connectivity index (χ4v) is 3.94. The first-order valence-corrected chi connectivity index (χ1v) is 8.16. The van der Waals surface area contributed by atoms with Crippen LogP contribution in [0, 0.1) is 0 Å². The number of benzene rings is 3. The number of hydrogen-bond acceptors (Lipinski definition) is 1. The topological polar surface area (TPSA) is 3.24 Å². The normalized spacial score (nSPS) is 19.7. The summed E-state index contributed by atoms with van der Waals surface area (Å²) < 4.78 is 0. The van der Waals surface area contributed by atoms with Crippen molar-refractivity contribution in [2.45, 2.75) is 18.9 Å². The standard InChI is InChI=1S/C22H21N/c1-22(18-11-4-3-5-12-18)19-13-7-6-10-17(19)16-23(2)21-15-9-8-14-20(21)22/h3-15H,16H2,1-2H3. The second-order valence-electron chi connectivity index (χ2n) is 6.52. The SMILES string of the molecule is CN1Cc2ccccc2C(C)(c2ccccc2)c2ccccc21. The highest BCUT2D eigenvalue weighted by Crippen LogP contribution is 2.46. The maximum absolute atomic E-state index is 2.36. The molecule has 0 amide bonds. The first-order chi connectivity index (χ1) is 11.2. The fraction of sp³-hybridized carbons (Fsp3) is 0.182. The van der Waals surface area contributed by atoms with Crippen molar-refractivity contribution in [2.24, 2.45) is 0 Å². The Balaban J connectivity index is 2.10. The minimum absolute atomic E-state index is 0.140. The maximum Gasteiger partial charge on any atom is 0.0447 e. The minimum Gasteiger partial charge on any atom is -0.370 e. The van der Waals surface area contributed by atoms with Gasteiger partial charge in [0.2, 0.25) is 0 Å². The van der Waals surface area contributed by atoms with Crippen molar-refractivity contribution < 1.29 is 0 Å². The van der Waals surface area contributed by atoms with Gasteiger partial charge >= 0.3 is 0 Å². The number of anilines is 1. The van der Waals surface area contributed by atoms with Crippen molar-refractivity contribution in [1.29, 1.82) is 0 Å². The van der Waals surface area contributed by atoms with Gasteiger partial charge in [-0.15, -0.1) is 0 Å². The molecule has 1 atom stereocenters. The van der Waals surface area contributed by atoms with Crippen LogP contribution in [-0.2, 0) is 12.0 Å². The minimum atomic E-state index is -0.140. The van der Waals surface area contributed by atoms with Gasteiger partial charge in [-0.25, -0.2) is 0 Å². The van der Waals surface area contributed by atoms with Gasteiger partial charge in [0.15, 0.2) is 0 Å². The maximum atomic E-state index is 2.36. The Hall–Kier alpha value is -2.54. The molecule has 1 heterocycles. The van der Waals surface area contributed by atoms with Gasteiger partial charge in [0, 0.05) is 24.7 Å². The Bertz CT molecular complexity index is 837. The van der Waals surface area contributed by atoms with Crippen LogP contribution in [-0.4, -0.2) is 7.05 Å². The summed E-state index contributed by atoms with van der Waals surface area (Å²) in [6.45, 7) is 3.30. The largest absolute Gasteiger partial charge is 0.370 e. The fourth-order valence-electron chi connectivity index (χ4n) is 3.94. The lowest BCUT2D eigenvalue weighted by Crippen LogP contribution is -2.26. The van der Waals surface area contributed by atoms with Crippen LogP contribution >= 0.6 is 0 Å². The first-order valence-electron chi connectivity index (χ1n) is 8.16. The highest BCUT2D eigenvalue weighted by molar-refractivity contribution is 5.66. The Morgan fingerprint density at radius 2 is 1.35 bits per heavy atom. The van der Waals surface area contributed by atoms with E-state index in [1.165, 1.54) is 27.9 Å². The molecular formula is C22H21N. The quantitative estimate of drug-likeness (QED) is 0.612. The van der Waals surface area contributed by atoms with Gasteiger partial charge in [-0.05, 0) is 35.2 Å². The van der Waals surface area contributed by atoms with Crippen molar-refractivity contribution >= 4 is 5.69 Å². The predicted octanol–water partition coefficient (Wildman–Crippen LogP) is 4.99. The Morgan fingerprint density at radius 1 is 0.739 bits per heavy atom. The third-order valence-electron chi connectivity index (χ3n) is 5.17. The lowest BCUT2D eigenvalue weighted by Gasteiger charge is -2.33. The molecule has 0 aromatic heterocycles. The van der Waals surface area contributed by atoms with Crippen LogP contribution in [0.2, 0.25) is 0 Å². The number of rotatable bonds is 1. The zero-order chi connectivity index (χ0) is 15.9. The van der Waals surface area contributed by atoms with Crippen LogP contribution in [0.15, 0.2) is 78.9 Å². The molecule has 23 heavy (non-hydrogen) atoms. The molecule has 1 aliphatic heterocycles. The highest BCUT2D eigenvalue weighted by Gasteiger charge is 2.37. The van der Waals surface area contributed by atoms with Gasteiger partial charge in [0.25, 0.3) is 0 Å². The molecule has 0 bridgehead atoms. The number of fused-ring (bicyclic) bond motifs is 2. The van der Waals surface area contributed by atoms with Crippen LogP contribution < -0.4 is 4.90 Å². The molecule has 114 valence electrons. The molecule has 0 saturated carbocycles. The van der Waals surface area contributed by atoms with E-state index >= 15 is 0 Å². The summed E-state index contributed by atoms with van der Waals surface area (Å²) in [6.07, 6.45) is 0. The Morgan fingerprint density at radius 3 is 2.13 bits per heavy atom. The zero-order valence-electron chi connectivity index (χ0n) is 13.7. The molecule has 0 spiro atoms. The number of para-hydroxylation sites is 1. The van der Waals surface area contributed by atoms with E-state index in [1.807, 2.05) is 0 Å². The summed E-state index contributed by atoms with van der Waals surface area (Å²) in [4.78, 5) is 2.36. The summed E-state index contributed by atoms with van der Waals surface area (Å²) in [5, 5.41) is 0. The third-order valence-corrected chi connectivity index (χ3v) is 5.17. The second-order valence-corrected chi connectivity index (χ2v) is 6.52. The molecule has 3 aromatic carbocycles. The van der Waals surface area contributed by atoms with Crippen molar-refractivity contribution in [3.63, 3.8) is 0 Å². The van der Waals surface area contributed by atoms with E-state index in [2.05, 4.69) is 97.7 Å². The lowest BCUT2D eigenvalue weighted by molar-refractivity contribution is 0.693. The molecule has 0 aliphatic carbocycles. The summed E-state index contributed by atoms with van der Waals surface area (Å²) in [7, 11) is 2.19. The molecule has 0 fully saturated rings. The summed E-state index contributed by atoms with van der Waals surface area (Å²) in [5.74, 6) is 0. The van der Waals surface area contributed by atoms with Crippen LogP contribution in [0.3, 0.4) is 0 Å². The summed E-state index contributed by atoms with van der Waals surface area (Å²) in [5.41, 5.74) is 6.70. The van der Waals surface area contributed by atoms with Gasteiger partial charge < -0.3 is 4.90 Å².